The summed E-state index contributed by atoms with van der Waals surface area (Å²) in [5.74, 6) is -2.90. The molecule has 4 unspecified atom stereocenters. The summed E-state index contributed by atoms with van der Waals surface area (Å²) in [6.45, 7) is 3.48. The Morgan fingerprint density at radius 2 is 1.76 bits per heavy atom. The second-order valence-electron chi connectivity index (χ2n) is 7.49. The van der Waals surface area contributed by atoms with Gasteiger partial charge in [0.15, 0.2) is 0 Å². The Morgan fingerprint density at radius 1 is 1.10 bits per heavy atom. The van der Waals surface area contributed by atoms with Crippen molar-refractivity contribution in [3.8, 4) is 5.75 Å². The lowest BCUT2D eigenvalue weighted by molar-refractivity contribution is -0.153. The van der Waals surface area contributed by atoms with Gasteiger partial charge in [0, 0.05) is 6.04 Å². The molecule has 0 bridgehead atoms. The fourth-order valence-electron chi connectivity index (χ4n) is 4.41. The van der Waals surface area contributed by atoms with E-state index in [2.05, 4.69) is 5.32 Å². The fourth-order valence-corrected chi connectivity index (χ4v) is 4.41. The predicted octanol–water partition coefficient (Wildman–Crippen LogP) is 2.16. The van der Waals surface area contributed by atoms with E-state index in [1.165, 1.54) is 17.0 Å². The molecule has 4 rings (SSSR count). The number of esters is 1. The van der Waals surface area contributed by atoms with Gasteiger partial charge in [-0.15, -0.1) is 0 Å². The van der Waals surface area contributed by atoms with Gasteiger partial charge in [-0.3, -0.25) is 19.7 Å². The maximum Gasteiger partial charge on any atom is 0.326 e. The number of amides is 2. The molecular formula is C22H22N2O5. The Kier molecular flexibility index (Phi) is 4.62. The number of benzene rings is 2. The van der Waals surface area contributed by atoms with Gasteiger partial charge in [-0.2, -0.15) is 0 Å². The molecule has 7 nitrogen and oxygen atoms in total. The molecular weight excluding hydrogens is 372 g/mol. The summed E-state index contributed by atoms with van der Waals surface area (Å²) in [5.41, 5.74) is -0.158. The van der Waals surface area contributed by atoms with Gasteiger partial charge in [-0.1, -0.05) is 30.3 Å². The van der Waals surface area contributed by atoms with Crippen molar-refractivity contribution in [1.29, 1.82) is 0 Å². The predicted molar refractivity (Wildman–Crippen MR) is 105 cm³/mol. The number of fused-ring (bicyclic) bond motifs is 1. The van der Waals surface area contributed by atoms with Crippen LogP contribution in [-0.2, 0) is 19.1 Å². The third kappa shape index (κ3) is 2.89. The largest absolute Gasteiger partial charge is 0.508 e. The van der Waals surface area contributed by atoms with Gasteiger partial charge in [-0.25, -0.2) is 4.90 Å². The Balaban J connectivity index is 1.81. The number of phenolic OH excluding ortho intramolecular Hbond substituents is 1. The third-order valence-electron chi connectivity index (χ3n) is 5.75. The fraction of sp³-hybridized carbons (Fsp3) is 0.318. The normalized spacial score (nSPS) is 28.5. The molecule has 4 atom stereocenters. The second kappa shape index (κ2) is 7.00. The van der Waals surface area contributed by atoms with Crippen LogP contribution >= 0.6 is 0 Å². The van der Waals surface area contributed by atoms with E-state index in [0.29, 0.717) is 11.3 Å². The number of hydrogen-bond donors (Lipinski definition) is 2. The van der Waals surface area contributed by atoms with Crippen molar-refractivity contribution in [2.75, 3.05) is 11.5 Å². The lowest BCUT2D eigenvalue weighted by Gasteiger charge is -2.29. The molecule has 29 heavy (non-hydrogen) atoms. The van der Waals surface area contributed by atoms with Crippen molar-refractivity contribution < 1.29 is 24.2 Å². The Labute approximate surface area is 168 Å². The molecule has 2 aromatic carbocycles. The number of phenols is 1. The molecule has 2 aliphatic rings. The topological polar surface area (TPSA) is 95.9 Å². The molecule has 0 radical (unpaired) electrons. The van der Waals surface area contributed by atoms with Crippen LogP contribution in [0.5, 0.6) is 5.75 Å². The van der Waals surface area contributed by atoms with E-state index in [0.717, 1.165) is 0 Å². The molecule has 2 aromatic rings. The van der Waals surface area contributed by atoms with Crippen LogP contribution in [-0.4, -0.2) is 35.0 Å². The van der Waals surface area contributed by atoms with Crippen molar-refractivity contribution in [3.63, 3.8) is 0 Å². The molecule has 2 N–H and O–H groups in total. The number of hydrogen-bond acceptors (Lipinski definition) is 6. The minimum Gasteiger partial charge on any atom is -0.508 e. The minimum absolute atomic E-state index is 0.0937. The SMILES string of the molecule is CCOC(=O)C1(C)NC(c2ccc(O)cc2)C2C(=O)N(c3ccccc3)C(=O)C21. The number of para-hydroxylation sites is 1. The summed E-state index contributed by atoms with van der Waals surface area (Å²) in [4.78, 5) is 40.7. The van der Waals surface area contributed by atoms with Gasteiger partial charge in [0.25, 0.3) is 0 Å². The van der Waals surface area contributed by atoms with E-state index >= 15 is 0 Å². The summed E-state index contributed by atoms with van der Waals surface area (Å²) < 4.78 is 5.24. The smallest absolute Gasteiger partial charge is 0.326 e. The highest BCUT2D eigenvalue weighted by Gasteiger charge is 2.67. The van der Waals surface area contributed by atoms with E-state index in [1.54, 1.807) is 56.3 Å². The zero-order valence-electron chi connectivity index (χ0n) is 16.2. The second-order valence-corrected chi connectivity index (χ2v) is 7.49. The average Bonchev–Trinajstić information content (AvgIpc) is 3.17. The zero-order valence-corrected chi connectivity index (χ0v) is 16.2. The van der Waals surface area contributed by atoms with Crippen LogP contribution in [0.25, 0.3) is 0 Å². The van der Waals surface area contributed by atoms with Gasteiger partial charge in [0.1, 0.15) is 11.3 Å². The van der Waals surface area contributed by atoms with Crippen LogP contribution in [0.4, 0.5) is 5.69 Å². The van der Waals surface area contributed by atoms with Crippen LogP contribution in [0, 0.1) is 11.8 Å². The standard InChI is InChI=1S/C22H22N2O5/c1-3-29-21(28)22(2)17-16(18(23-22)13-9-11-15(25)12-10-13)19(26)24(20(17)27)14-7-5-4-6-8-14/h4-12,16-18,23,25H,3H2,1-2H3. The van der Waals surface area contributed by atoms with Crippen LogP contribution in [0.15, 0.2) is 54.6 Å². The lowest BCUT2D eigenvalue weighted by Crippen LogP contribution is -2.54. The number of aromatic hydroxyl groups is 1. The third-order valence-corrected chi connectivity index (χ3v) is 5.75. The molecule has 0 aromatic heterocycles. The number of ether oxygens (including phenoxy) is 1. The van der Waals surface area contributed by atoms with Crippen molar-refractivity contribution in [2.24, 2.45) is 11.8 Å². The summed E-state index contributed by atoms with van der Waals surface area (Å²) in [6, 6.07) is 14.5. The van der Waals surface area contributed by atoms with Crippen molar-refractivity contribution >= 4 is 23.5 Å². The van der Waals surface area contributed by atoms with Crippen LogP contribution < -0.4 is 10.2 Å². The molecule has 2 fully saturated rings. The van der Waals surface area contributed by atoms with E-state index in [9.17, 15) is 19.5 Å². The average molecular weight is 394 g/mol. The monoisotopic (exact) mass is 394 g/mol. The highest BCUT2D eigenvalue weighted by Crippen LogP contribution is 2.50. The maximum absolute atomic E-state index is 13.4. The molecule has 2 amide bonds. The van der Waals surface area contributed by atoms with Gasteiger partial charge >= 0.3 is 5.97 Å². The first kappa shape index (κ1) is 19.1. The molecule has 2 saturated heterocycles. The van der Waals surface area contributed by atoms with Gasteiger partial charge in [0.2, 0.25) is 11.8 Å². The van der Waals surface area contributed by atoms with Crippen LogP contribution in [0.1, 0.15) is 25.5 Å². The molecule has 0 aliphatic carbocycles. The molecule has 2 heterocycles. The highest BCUT2D eigenvalue weighted by atomic mass is 16.5. The van der Waals surface area contributed by atoms with Crippen molar-refractivity contribution in [1.82, 2.24) is 5.32 Å². The molecule has 7 heteroatoms. The van der Waals surface area contributed by atoms with E-state index in [-0.39, 0.29) is 18.3 Å². The molecule has 0 saturated carbocycles. The van der Waals surface area contributed by atoms with E-state index < -0.39 is 35.3 Å². The number of imide groups is 1. The maximum atomic E-state index is 13.4. The first-order valence-electron chi connectivity index (χ1n) is 9.55. The number of nitrogens with zero attached hydrogens (tertiary/aromatic N) is 1. The van der Waals surface area contributed by atoms with Gasteiger partial charge in [-0.05, 0) is 43.7 Å². The molecule has 2 aliphatic heterocycles. The van der Waals surface area contributed by atoms with Gasteiger partial charge in [0.05, 0.1) is 24.1 Å². The summed E-state index contributed by atoms with van der Waals surface area (Å²) in [6.07, 6.45) is 0. The number of rotatable bonds is 4. The van der Waals surface area contributed by atoms with Crippen LogP contribution in [0.2, 0.25) is 0 Å². The summed E-state index contributed by atoms with van der Waals surface area (Å²) in [7, 11) is 0. The summed E-state index contributed by atoms with van der Waals surface area (Å²) in [5, 5.41) is 12.8. The Bertz CT molecular complexity index is 959. The Morgan fingerprint density at radius 3 is 2.38 bits per heavy atom. The molecule has 150 valence electrons. The van der Waals surface area contributed by atoms with Crippen LogP contribution in [0.3, 0.4) is 0 Å². The number of anilines is 1. The quantitative estimate of drug-likeness (QED) is 0.610. The highest BCUT2D eigenvalue weighted by molar-refractivity contribution is 6.24. The zero-order chi connectivity index (χ0) is 20.8. The number of carbonyl (C=O) groups excluding carboxylic acids is 3. The first-order valence-corrected chi connectivity index (χ1v) is 9.55. The van der Waals surface area contributed by atoms with Crippen molar-refractivity contribution in [3.05, 3.63) is 60.2 Å². The summed E-state index contributed by atoms with van der Waals surface area (Å²) >= 11 is 0. The number of nitrogens with one attached hydrogen (secondary N) is 1. The minimum atomic E-state index is -1.35. The van der Waals surface area contributed by atoms with Crippen molar-refractivity contribution in [2.45, 2.75) is 25.4 Å². The number of carbonyl (C=O) groups is 3. The Hall–Kier alpha value is -3.19. The molecule has 0 spiro atoms. The lowest BCUT2D eigenvalue weighted by atomic mass is 9.80. The first-order chi connectivity index (χ1) is 13.9. The van der Waals surface area contributed by atoms with E-state index in [4.69, 9.17) is 4.74 Å². The van der Waals surface area contributed by atoms with Gasteiger partial charge < -0.3 is 9.84 Å². The van der Waals surface area contributed by atoms with E-state index in [1.807, 2.05) is 0 Å².